The number of hydrogen-bond donors (Lipinski definition) is 1. The van der Waals surface area contributed by atoms with Gasteiger partial charge in [-0.05, 0) is 58.5 Å². The molecule has 0 saturated heterocycles. The molecule has 5 nitrogen and oxygen atoms in total. The minimum atomic E-state index is -0.289. The van der Waals surface area contributed by atoms with E-state index in [9.17, 15) is 4.79 Å². The molecule has 1 aliphatic heterocycles. The summed E-state index contributed by atoms with van der Waals surface area (Å²) in [4.78, 5) is 12.1. The van der Waals surface area contributed by atoms with Crippen LogP contribution in [0.1, 0.15) is 22.3 Å². The van der Waals surface area contributed by atoms with Crippen LogP contribution in [0, 0.1) is 3.57 Å². The lowest BCUT2D eigenvalue weighted by atomic mass is 10.2. The second-order valence-electron chi connectivity index (χ2n) is 4.96. The maximum absolute atomic E-state index is 12.1. The zero-order chi connectivity index (χ0) is 16.1. The number of ether oxygens (including phenoxy) is 2. The molecule has 0 aromatic heterocycles. The Morgan fingerprint density at radius 2 is 1.83 bits per heavy atom. The lowest BCUT2D eigenvalue weighted by molar-refractivity contribution is 0.0954. The van der Waals surface area contributed by atoms with Gasteiger partial charge in [-0.1, -0.05) is 12.1 Å². The number of nitrogens with one attached hydrogen (secondary N) is 1. The van der Waals surface area contributed by atoms with Crippen molar-refractivity contribution >= 4 is 34.7 Å². The van der Waals surface area contributed by atoms with E-state index >= 15 is 0 Å². The third-order valence-corrected chi connectivity index (χ3v) is 3.98. The first-order valence-electron chi connectivity index (χ1n) is 7.21. The van der Waals surface area contributed by atoms with Crippen LogP contribution in [-0.4, -0.2) is 25.3 Å². The average molecular weight is 422 g/mol. The second kappa shape index (κ2) is 7.45. The molecule has 1 heterocycles. The highest BCUT2D eigenvalue weighted by atomic mass is 127. The van der Waals surface area contributed by atoms with Crippen LogP contribution < -0.4 is 14.9 Å². The quantitative estimate of drug-likeness (QED) is 0.470. The van der Waals surface area contributed by atoms with Crippen molar-refractivity contribution in [1.29, 1.82) is 0 Å². The molecule has 6 heteroatoms. The summed E-state index contributed by atoms with van der Waals surface area (Å²) >= 11 is 2.24. The summed E-state index contributed by atoms with van der Waals surface area (Å²) in [6, 6.07) is 13.0. The fraction of sp³-hybridized carbons (Fsp3) is 0.176. The fourth-order valence-electron chi connectivity index (χ4n) is 2.08. The smallest absolute Gasteiger partial charge is 0.271 e. The van der Waals surface area contributed by atoms with Gasteiger partial charge >= 0.3 is 0 Å². The number of nitrogens with zero attached hydrogens (tertiary/aromatic N) is 1. The molecule has 23 heavy (non-hydrogen) atoms. The Bertz CT molecular complexity index is 729. The maximum Gasteiger partial charge on any atom is 0.271 e. The topological polar surface area (TPSA) is 59.9 Å². The molecule has 118 valence electrons. The summed E-state index contributed by atoms with van der Waals surface area (Å²) in [6.07, 6.45) is 2.44. The highest BCUT2D eigenvalue weighted by Crippen LogP contribution is 2.30. The molecule has 1 aliphatic rings. The third kappa shape index (κ3) is 4.22. The monoisotopic (exact) mass is 422 g/mol. The van der Waals surface area contributed by atoms with Crippen molar-refractivity contribution in [2.75, 3.05) is 13.2 Å². The first kappa shape index (κ1) is 15.8. The summed E-state index contributed by atoms with van der Waals surface area (Å²) in [5.41, 5.74) is 3.92. The Kier molecular flexibility index (Phi) is 5.12. The van der Waals surface area contributed by atoms with Gasteiger partial charge in [-0.3, -0.25) is 4.79 Å². The van der Waals surface area contributed by atoms with Crippen LogP contribution in [0.2, 0.25) is 0 Å². The maximum atomic E-state index is 12.1. The molecular weight excluding hydrogens is 407 g/mol. The molecule has 1 amide bonds. The largest absolute Gasteiger partial charge is 0.490 e. The van der Waals surface area contributed by atoms with Gasteiger partial charge in [0.15, 0.2) is 11.5 Å². The Morgan fingerprint density at radius 3 is 2.61 bits per heavy atom. The molecule has 2 aromatic carbocycles. The van der Waals surface area contributed by atoms with E-state index in [4.69, 9.17) is 9.47 Å². The van der Waals surface area contributed by atoms with Gasteiger partial charge in [0.05, 0.1) is 19.4 Å². The summed E-state index contributed by atoms with van der Waals surface area (Å²) in [7, 11) is 0. The van der Waals surface area contributed by atoms with Crippen LogP contribution in [0.3, 0.4) is 0 Å². The third-order valence-electron chi connectivity index (χ3n) is 3.26. The van der Waals surface area contributed by atoms with Crippen LogP contribution in [0.5, 0.6) is 11.5 Å². The molecule has 0 aliphatic carbocycles. The van der Waals surface area contributed by atoms with Gasteiger partial charge in [-0.25, -0.2) is 5.43 Å². The Balaban J connectivity index is 1.66. The van der Waals surface area contributed by atoms with Crippen LogP contribution in [0.15, 0.2) is 47.6 Å². The van der Waals surface area contributed by atoms with Crippen molar-refractivity contribution in [3.63, 3.8) is 0 Å². The van der Waals surface area contributed by atoms with Gasteiger partial charge in [0, 0.05) is 15.6 Å². The van der Waals surface area contributed by atoms with Crippen molar-refractivity contribution in [1.82, 2.24) is 5.43 Å². The standard InChI is InChI=1S/C17H15IN2O3/c18-14-5-2-12(3-6-14)11-19-20-17(21)13-4-7-15-16(10-13)23-9-1-8-22-15/h2-7,10-11H,1,8-9H2,(H,20,21)/b19-11+. The zero-order valence-corrected chi connectivity index (χ0v) is 14.4. The minimum absolute atomic E-state index is 0.289. The van der Waals surface area contributed by atoms with Crippen LogP contribution >= 0.6 is 22.6 Å². The van der Waals surface area contributed by atoms with Gasteiger partial charge in [-0.2, -0.15) is 5.10 Å². The average Bonchev–Trinajstić information content (AvgIpc) is 2.81. The predicted octanol–water partition coefficient (Wildman–Crippen LogP) is 3.22. The number of fused-ring (bicyclic) bond motifs is 1. The zero-order valence-electron chi connectivity index (χ0n) is 12.3. The summed E-state index contributed by atoms with van der Waals surface area (Å²) in [6.45, 7) is 1.21. The highest BCUT2D eigenvalue weighted by molar-refractivity contribution is 14.1. The molecule has 0 radical (unpaired) electrons. The van der Waals surface area contributed by atoms with Crippen molar-refractivity contribution in [2.24, 2.45) is 5.10 Å². The molecule has 0 unspecified atom stereocenters. The second-order valence-corrected chi connectivity index (χ2v) is 6.21. The number of rotatable bonds is 3. The van der Waals surface area contributed by atoms with Crippen LogP contribution in [0.25, 0.3) is 0 Å². The van der Waals surface area contributed by atoms with E-state index in [0.29, 0.717) is 30.3 Å². The Labute approximate surface area is 147 Å². The summed E-state index contributed by atoms with van der Waals surface area (Å²) < 4.78 is 12.3. The summed E-state index contributed by atoms with van der Waals surface area (Å²) in [5.74, 6) is 0.973. The molecule has 0 saturated carbocycles. The van der Waals surface area contributed by atoms with Crippen LogP contribution in [0.4, 0.5) is 0 Å². The van der Waals surface area contributed by atoms with Gasteiger partial charge < -0.3 is 9.47 Å². The molecule has 0 bridgehead atoms. The van der Waals surface area contributed by atoms with Gasteiger partial charge in [0.2, 0.25) is 0 Å². The van der Waals surface area contributed by atoms with Gasteiger partial charge in [-0.15, -0.1) is 0 Å². The fourth-order valence-corrected chi connectivity index (χ4v) is 2.44. The molecule has 0 spiro atoms. The first-order valence-corrected chi connectivity index (χ1v) is 8.29. The van der Waals surface area contributed by atoms with E-state index < -0.39 is 0 Å². The number of carbonyl (C=O) groups excluding carboxylic acids is 1. The SMILES string of the molecule is O=C(N/N=C/c1ccc(I)cc1)c1ccc2c(c1)OCCCO2. The Hall–Kier alpha value is -2.09. The van der Waals surface area contributed by atoms with Crippen molar-refractivity contribution < 1.29 is 14.3 Å². The molecule has 1 N–H and O–H groups in total. The van der Waals surface area contributed by atoms with Gasteiger partial charge in [0.25, 0.3) is 5.91 Å². The number of halogens is 1. The van der Waals surface area contributed by atoms with E-state index in [1.807, 2.05) is 24.3 Å². The Morgan fingerprint density at radius 1 is 1.09 bits per heavy atom. The van der Waals surface area contributed by atoms with Crippen molar-refractivity contribution in [3.05, 3.63) is 57.2 Å². The molecule has 3 rings (SSSR count). The minimum Gasteiger partial charge on any atom is -0.490 e. The molecule has 2 aromatic rings. The normalized spacial score (nSPS) is 13.6. The van der Waals surface area contributed by atoms with Crippen LogP contribution in [-0.2, 0) is 0 Å². The number of benzene rings is 2. The molecule has 0 fully saturated rings. The predicted molar refractivity (Wildman–Crippen MR) is 96.3 cm³/mol. The first-order chi connectivity index (χ1) is 11.2. The number of carbonyl (C=O) groups is 1. The lowest BCUT2D eigenvalue weighted by Gasteiger charge is -2.08. The van der Waals surface area contributed by atoms with E-state index in [2.05, 4.69) is 33.1 Å². The van der Waals surface area contributed by atoms with Crippen molar-refractivity contribution in [3.8, 4) is 11.5 Å². The number of hydrazone groups is 1. The summed E-state index contributed by atoms with van der Waals surface area (Å²) in [5, 5.41) is 3.98. The van der Waals surface area contributed by atoms with Gasteiger partial charge in [0.1, 0.15) is 0 Å². The number of hydrogen-bond acceptors (Lipinski definition) is 4. The van der Waals surface area contributed by atoms with E-state index in [0.717, 1.165) is 15.6 Å². The van der Waals surface area contributed by atoms with E-state index in [1.165, 1.54) is 0 Å². The molecular formula is C17H15IN2O3. The highest BCUT2D eigenvalue weighted by Gasteiger charge is 2.13. The lowest BCUT2D eigenvalue weighted by Crippen LogP contribution is -2.17. The van der Waals surface area contributed by atoms with Crippen molar-refractivity contribution in [2.45, 2.75) is 6.42 Å². The van der Waals surface area contributed by atoms with E-state index in [-0.39, 0.29) is 5.91 Å². The molecule has 0 atom stereocenters. The number of amides is 1. The van der Waals surface area contributed by atoms with E-state index in [1.54, 1.807) is 24.4 Å².